The van der Waals surface area contributed by atoms with E-state index in [2.05, 4.69) is 0 Å². The standard InChI is InChI=1S/C13H17ClO2/c1-16-13-6-5-10(14)8-12(13)9-3-2-4-11(15)7-9/h5-6,8-9,11,15H,2-4,7H2,1H3. The number of rotatable bonds is 2. The van der Waals surface area contributed by atoms with E-state index in [9.17, 15) is 5.11 Å². The summed E-state index contributed by atoms with van der Waals surface area (Å²) in [6.45, 7) is 0. The van der Waals surface area contributed by atoms with Crippen molar-refractivity contribution in [3.8, 4) is 5.75 Å². The Kier molecular flexibility index (Phi) is 3.72. The van der Waals surface area contributed by atoms with Crippen LogP contribution in [0.25, 0.3) is 0 Å². The summed E-state index contributed by atoms with van der Waals surface area (Å²) < 4.78 is 5.35. The summed E-state index contributed by atoms with van der Waals surface area (Å²) in [5.74, 6) is 1.25. The molecule has 16 heavy (non-hydrogen) atoms. The molecule has 0 saturated heterocycles. The summed E-state index contributed by atoms with van der Waals surface area (Å²) in [7, 11) is 1.67. The zero-order valence-electron chi connectivity index (χ0n) is 9.45. The van der Waals surface area contributed by atoms with Gasteiger partial charge in [-0.15, -0.1) is 0 Å². The second-order valence-corrected chi connectivity index (χ2v) is 4.84. The van der Waals surface area contributed by atoms with Crippen molar-refractivity contribution in [2.24, 2.45) is 0 Å². The smallest absolute Gasteiger partial charge is 0.122 e. The molecular formula is C13H17ClO2. The van der Waals surface area contributed by atoms with Crippen LogP contribution < -0.4 is 4.74 Å². The molecule has 0 radical (unpaired) electrons. The second kappa shape index (κ2) is 5.07. The van der Waals surface area contributed by atoms with Crippen molar-refractivity contribution in [3.05, 3.63) is 28.8 Å². The van der Waals surface area contributed by atoms with E-state index in [1.165, 1.54) is 0 Å². The molecule has 3 heteroatoms. The van der Waals surface area contributed by atoms with Crippen LogP contribution >= 0.6 is 11.6 Å². The highest BCUT2D eigenvalue weighted by molar-refractivity contribution is 6.30. The van der Waals surface area contributed by atoms with Gasteiger partial charge in [0, 0.05) is 5.02 Å². The van der Waals surface area contributed by atoms with Crippen LogP contribution in [0.4, 0.5) is 0 Å². The molecule has 2 nitrogen and oxygen atoms in total. The van der Waals surface area contributed by atoms with Gasteiger partial charge >= 0.3 is 0 Å². The van der Waals surface area contributed by atoms with Gasteiger partial charge in [0.05, 0.1) is 13.2 Å². The van der Waals surface area contributed by atoms with Crippen molar-refractivity contribution < 1.29 is 9.84 Å². The monoisotopic (exact) mass is 240 g/mol. The van der Waals surface area contributed by atoms with Crippen LogP contribution in [-0.2, 0) is 0 Å². The Morgan fingerprint density at radius 1 is 1.38 bits per heavy atom. The third-order valence-corrected chi connectivity index (χ3v) is 3.51. The van der Waals surface area contributed by atoms with E-state index in [1.807, 2.05) is 18.2 Å². The van der Waals surface area contributed by atoms with Crippen molar-refractivity contribution in [2.75, 3.05) is 7.11 Å². The van der Waals surface area contributed by atoms with Crippen LogP contribution in [0.3, 0.4) is 0 Å². The van der Waals surface area contributed by atoms with Gasteiger partial charge in [0.1, 0.15) is 5.75 Å². The van der Waals surface area contributed by atoms with E-state index in [1.54, 1.807) is 7.11 Å². The van der Waals surface area contributed by atoms with Crippen LogP contribution in [0.5, 0.6) is 5.75 Å². The number of aliphatic hydroxyl groups is 1. The fourth-order valence-corrected chi connectivity index (χ4v) is 2.65. The minimum Gasteiger partial charge on any atom is -0.496 e. The Balaban J connectivity index is 2.26. The predicted molar refractivity (Wildman–Crippen MR) is 65.2 cm³/mol. The Bertz CT molecular complexity index is 365. The fraction of sp³-hybridized carbons (Fsp3) is 0.538. The first kappa shape index (κ1) is 11.7. The normalized spacial score (nSPS) is 25.4. The van der Waals surface area contributed by atoms with Crippen molar-refractivity contribution in [1.82, 2.24) is 0 Å². The maximum atomic E-state index is 9.70. The molecule has 1 aromatic rings. The van der Waals surface area contributed by atoms with E-state index >= 15 is 0 Å². The number of aliphatic hydroxyl groups excluding tert-OH is 1. The summed E-state index contributed by atoms with van der Waals surface area (Å²) >= 11 is 6.01. The number of hydrogen-bond acceptors (Lipinski definition) is 2. The number of halogens is 1. The zero-order valence-corrected chi connectivity index (χ0v) is 10.2. The lowest BCUT2D eigenvalue weighted by Gasteiger charge is -2.27. The third kappa shape index (κ3) is 2.50. The molecule has 2 rings (SSSR count). The van der Waals surface area contributed by atoms with Gasteiger partial charge in [-0.05, 0) is 48.9 Å². The molecule has 1 aliphatic rings. The van der Waals surface area contributed by atoms with Crippen LogP contribution in [0.2, 0.25) is 5.02 Å². The highest BCUT2D eigenvalue weighted by Gasteiger charge is 2.24. The third-order valence-electron chi connectivity index (χ3n) is 3.28. The summed E-state index contributed by atoms with van der Waals surface area (Å²) in [5.41, 5.74) is 1.13. The van der Waals surface area contributed by atoms with Crippen molar-refractivity contribution in [2.45, 2.75) is 37.7 Å². The Labute approximate surface area is 101 Å². The molecular weight excluding hydrogens is 224 g/mol. The largest absolute Gasteiger partial charge is 0.496 e. The Morgan fingerprint density at radius 3 is 2.88 bits per heavy atom. The molecule has 1 aliphatic carbocycles. The lowest BCUT2D eigenvalue weighted by atomic mass is 9.82. The first-order valence-corrected chi connectivity index (χ1v) is 6.10. The number of benzene rings is 1. The highest BCUT2D eigenvalue weighted by atomic mass is 35.5. The van der Waals surface area contributed by atoms with Gasteiger partial charge in [-0.3, -0.25) is 0 Å². The van der Waals surface area contributed by atoms with E-state index in [4.69, 9.17) is 16.3 Å². The number of hydrogen-bond donors (Lipinski definition) is 1. The van der Waals surface area contributed by atoms with Gasteiger partial charge in [0.25, 0.3) is 0 Å². The van der Waals surface area contributed by atoms with Gasteiger partial charge in [0.2, 0.25) is 0 Å². The fourth-order valence-electron chi connectivity index (χ4n) is 2.47. The quantitative estimate of drug-likeness (QED) is 0.859. The van der Waals surface area contributed by atoms with Crippen molar-refractivity contribution in [3.63, 3.8) is 0 Å². The van der Waals surface area contributed by atoms with E-state index in [0.29, 0.717) is 5.92 Å². The van der Waals surface area contributed by atoms with Crippen LogP contribution in [0.15, 0.2) is 18.2 Å². The topological polar surface area (TPSA) is 29.5 Å². The highest BCUT2D eigenvalue weighted by Crippen LogP contribution is 2.38. The Morgan fingerprint density at radius 2 is 2.19 bits per heavy atom. The van der Waals surface area contributed by atoms with Gasteiger partial charge in [0.15, 0.2) is 0 Å². The molecule has 2 atom stereocenters. The average molecular weight is 241 g/mol. The molecule has 88 valence electrons. The molecule has 0 aliphatic heterocycles. The number of ether oxygens (including phenoxy) is 1. The van der Waals surface area contributed by atoms with Crippen LogP contribution in [0, 0.1) is 0 Å². The molecule has 1 aromatic carbocycles. The molecule has 2 unspecified atom stereocenters. The first-order chi connectivity index (χ1) is 7.70. The minimum absolute atomic E-state index is 0.178. The van der Waals surface area contributed by atoms with E-state index in [-0.39, 0.29) is 6.10 Å². The van der Waals surface area contributed by atoms with Gasteiger partial charge in [-0.1, -0.05) is 18.0 Å². The van der Waals surface area contributed by atoms with Gasteiger partial charge in [-0.25, -0.2) is 0 Å². The first-order valence-electron chi connectivity index (χ1n) is 5.72. The predicted octanol–water partition coefficient (Wildman–Crippen LogP) is 3.37. The lowest BCUT2D eigenvalue weighted by molar-refractivity contribution is 0.119. The van der Waals surface area contributed by atoms with Crippen molar-refractivity contribution in [1.29, 1.82) is 0 Å². The maximum Gasteiger partial charge on any atom is 0.122 e. The second-order valence-electron chi connectivity index (χ2n) is 4.40. The SMILES string of the molecule is COc1ccc(Cl)cc1C1CCCC(O)C1. The Hall–Kier alpha value is -0.730. The van der Waals surface area contributed by atoms with Gasteiger partial charge < -0.3 is 9.84 Å². The molecule has 0 amide bonds. The lowest BCUT2D eigenvalue weighted by Crippen LogP contribution is -2.18. The summed E-state index contributed by atoms with van der Waals surface area (Å²) in [6.07, 6.45) is 3.73. The molecule has 1 fully saturated rings. The summed E-state index contributed by atoms with van der Waals surface area (Å²) in [4.78, 5) is 0. The molecule has 1 saturated carbocycles. The van der Waals surface area contributed by atoms with Gasteiger partial charge in [-0.2, -0.15) is 0 Å². The van der Waals surface area contributed by atoms with Crippen LogP contribution in [0.1, 0.15) is 37.2 Å². The minimum atomic E-state index is -0.178. The van der Waals surface area contributed by atoms with Crippen LogP contribution in [-0.4, -0.2) is 18.3 Å². The number of methoxy groups -OCH3 is 1. The average Bonchev–Trinajstić information content (AvgIpc) is 2.29. The summed E-state index contributed by atoms with van der Waals surface area (Å²) in [6, 6.07) is 5.70. The van der Waals surface area contributed by atoms with E-state index in [0.717, 1.165) is 42.0 Å². The molecule has 0 aromatic heterocycles. The molecule has 0 spiro atoms. The molecule has 0 bridgehead atoms. The van der Waals surface area contributed by atoms with E-state index < -0.39 is 0 Å². The maximum absolute atomic E-state index is 9.70. The molecule has 1 N–H and O–H groups in total. The molecule has 0 heterocycles. The zero-order chi connectivity index (χ0) is 11.5. The summed E-state index contributed by atoms with van der Waals surface area (Å²) in [5, 5.41) is 10.4. The van der Waals surface area contributed by atoms with Crippen molar-refractivity contribution >= 4 is 11.6 Å².